The number of aryl methyl sites for hydroxylation is 2. The van der Waals surface area contributed by atoms with Crippen molar-refractivity contribution in [3.8, 4) is 0 Å². The highest BCUT2D eigenvalue weighted by molar-refractivity contribution is 7.12. The van der Waals surface area contributed by atoms with Gasteiger partial charge >= 0.3 is 0 Å². The van der Waals surface area contributed by atoms with Crippen LogP contribution in [0.2, 0.25) is 0 Å². The number of aliphatic hydroxyl groups excluding tert-OH is 1. The summed E-state index contributed by atoms with van der Waals surface area (Å²) in [5, 5.41) is 10.6. The largest absolute Gasteiger partial charge is 0.384 e. The molecule has 0 spiro atoms. The average Bonchev–Trinajstić information content (AvgIpc) is 3.07. The molecule has 0 saturated carbocycles. The minimum Gasteiger partial charge on any atom is -0.384 e. The lowest BCUT2D eigenvalue weighted by Gasteiger charge is -2.11. The Balaban J connectivity index is 1.89. The molecule has 20 heavy (non-hydrogen) atoms. The molecule has 3 rings (SSSR count). The van der Waals surface area contributed by atoms with E-state index in [0.717, 1.165) is 26.4 Å². The van der Waals surface area contributed by atoms with Gasteiger partial charge in [0.05, 0.1) is 18.1 Å². The molecular weight excluding hydrogens is 272 g/mol. The fraction of sp³-hybridized carbons (Fsp3) is 0.375. The Morgan fingerprint density at radius 1 is 1.20 bits per heavy atom. The van der Waals surface area contributed by atoms with Crippen LogP contribution in [0.15, 0.2) is 30.3 Å². The van der Waals surface area contributed by atoms with Crippen molar-refractivity contribution in [2.45, 2.75) is 26.2 Å². The van der Waals surface area contributed by atoms with E-state index in [1.165, 1.54) is 0 Å². The Labute approximate surface area is 122 Å². The van der Waals surface area contributed by atoms with Gasteiger partial charge in [-0.3, -0.25) is 0 Å². The van der Waals surface area contributed by atoms with Gasteiger partial charge in [0.1, 0.15) is 6.10 Å². The normalized spacial score (nSPS) is 17.6. The molecule has 1 fully saturated rings. The summed E-state index contributed by atoms with van der Waals surface area (Å²) >= 11 is 1.63. The van der Waals surface area contributed by atoms with E-state index in [1.807, 2.05) is 44.2 Å². The monoisotopic (exact) mass is 290 g/mol. The van der Waals surface area contributed by atoms with Gasteiger partial charge in [-0.05, 0) is 31.0 Å². The second-order valence-electron chi connectivity index (χ2n) is 5.05. The molecule has 2 aromatic rings. The maximum atomic E-state index is 10.6. The third kappa shape index (κ3) is 2.65. The van der Waals surface area contributed by atoms with Crippen molar-refractivity contribution in [1.29, 1.82) is 0 Å². The number of ether oxygens (including phenoxy) is 2. The van der Waals surface area contributed by atoms with Crippen LogP contribution in [0, 0.1) is 13.8 Å². The van der Waals surface area contributed by atoms with E-state index < -0.39 is 6.10 Å². The van der Waals surface area contributed by atoms with Crippen molar-refractivity contribution in [2.75, 3.05) is 13.2 Å². The Bertz CT molecular complexity index is 600. The molecule has 1 unspecified atom stereocenters. The summed E-state index contributed by atoms with van der Waals surface area (Å²) in [4.78, 5) is 2.13. The van der Waals surface area contributed by atoms with E-state index in [-0.39, 0.29) is 6.29 Å². The van der Waals surface area contributed by atoms with E-state index in [2.05, 4.69) is 0 Å². The summed E-state index contributed by atoms with van der Waals surface area (Å²) in [7, 11) is 0. The number of rotatable bonds is 3. The third-order valence-corrected chi connectivity index (χ3v) is 4.57. The van der Waals surface area contributed by atoms with Crippen LogP contribution in [0.3, 0.4) is 0 Å². The van der Waals surface area contributed by atoms with Gasteiger partial charge in [0.25, 0.3) is 0 Å². The summed E-state index contributed by atoms with van der Waals surface area (Å²) in [6.07, 6.45) is -0.863. The molecule has 1 aromatic carbocycles. The first-order valence-electron chi connectivity index (χ1n) is 6.73. The van der Waals surface area contributed by atoms with E-state index >= 15 is 0 Å². The quantitative estimate of drug-likeness (QED) is 0.940. The smallest absolute Gasteiger partial charge is 0.193 e. The molecule has 0 radical (unpaired) electrons. The third-order valence-electron chi connectivity index (χ3n) is 3.48. The van der Waals surface area contributed by atoms with Gasteiger partial charge < -0.3 is 14.6 Å². The van der Waals surface area contributed by atoms with Crippen LogP contribution in [0.1, 0.15) is 38.8 Å². The highest BCUT2D eigenvalue weighted by Crippen LogP contribution is 2.36. The zero-order chi connectivity index (χ0) is 14.1. The zero-order valence-electron chi connectivity index (χ0n) is 11.6. The first-order valence-corrected chi connectivity index (χ1v) is 7.55. The minimum absolute atomic E-state index is 0.267. The molecule has 1 aliphatic heterocycles. The van der Waals surface area contributed by atoms with Crippen LogP contribution < -0.4 is 0 Å². The van der Waals surface area contributed by atoms with E-state index in [1.54, 1.807) is 11.3 Å². The number of hydrogen-bond donors (Lipinski definition) is 1. The number of benzene rings is 1. The first kappa shape index (κ1) is 13.8. The number of hydrogen-bond acceptors (Lipinski definition) is 4. The molecule has 1 saturated heterocycles. The molecule has 4 heteroatoms. The van der Waals surface area contributed by atoms with Crippen molar-refractivity contribution in [3.63, 3.8) is 0 Å². The van der Waals surface area contributed by atoms with Crippen molar-refractivity contribution in [1.82, 2.24) is 0 Å². The molecule has 1 N–H and O–H groups in total. The molecule has 3 nitrogen and oxygen atoms in total. The van der Waals surface area contributed by atoms with Crippen LogP contribution in [0.5, 0.6) is 0 Å². The maximum absolute atomic E-state index is 10.6. The standard InChI is InChI=1S/C16H18O3S/c1-10-4-3-5-12(8-10)15(17)13-9-14(20-11(13)2)16-18-6-7-19-16/h3-5,8-9,15-17H,6-7H2,1-2H3. The fourth-order valence-electron chi connectivity index (χ4n) is 2.45. The highest BCUT2D eigenvalue weighted by Gasteiger charge is 2.24. The minimum atomic E-state index is -0.596. The SMILES string of the molecule is Cc1cccc(C(O)c2cc(C3OCCO3)sc2C)c1. The predicted molar refractivity (Wildman–Crippen MR) is 78.9 cm³/mol. The second-order valence-corrected chi connectivity index (χ2v) is 6.34. The molecule has 2 heterocycles. The summed E-state index contributed by atoms with van der Waals surface area (Å²) < 4.78 is 11.0. The summed E-state index contributed by atoms with van der Waals surface area (Å²) in [5.74, 6) is 0. The van der Waals surface area contributed by atoms with Gasteiger partial charge in [0.15, 0.2) is 6.29 Å². The predicted octanol–water partition coefficient (Wildman–Crippen LogP) is 3.49. The van der Waals surface area contributed by atoms with Crippen LogP contribution >= 0.6 is 11.3 Å². The lowest BCUT2D eigenvalue weighted by Crippen LogP contribution is -2.00. The second kappa shape index (κ2) is 5.66. The number of aliphatic hydroxyl groups is 1. The van der Waals surface area contributed by atoms with Crippen LogP contribution in [-0.2, 0) is 9.47 Å². The Kier molecular flexibility index (Phi) is 3.89. The Morgan fingerprint density at radius 3 is 2.65 bits per heavy atom. The van der Waals surface area contributed by atoms with Crippen LogP contribution in [-0.4, -0.2) is 18.3 Å². The summed E-state index contributed by atoms with van der Waals surface area (Å²) in [6, 6.07) is 9.98. The van der Waals surface area contributed by atoms with Crippen molar-refractivity contribution in [3.05, 3.63) is 56.8 Å². The van der Waals surface area contributed by atoms with E-state index in [0.29, 0.717) is 13.2 Å². The topological polar surface area (TPSA) is 38.7 Å². The fourth-order valence-corrected chi connectivity index (χ4v) is 3.51. The van der Waals surface area contributed by atoms with Crippen molar-refractivity contribution >= 4 is 11.3 Å². The van der Waals surface area contributed by atoms with Gasteiger partial charge in [0, 0.05) is 4.88 Å². The summed E-state index contributed by atoms with van der Waals surface area (Å²) in [6.45, 7) is 5.33. The Hall–Kier alpha value is -1.20. The molecule has 1 atom stereocenters. The van der Waals surface area contributed by atoms with Crippen molar-refractivity contribution in [2.24, 2.45) is 0 Å². The average molecular weight is 290 g/mol. The molecule has 1 aromatic heterocycles. The molecule has 106 valence electrons. The van der Waals surface area contributed by atoms with Gasteiger partial charge in [0.2, 0.25) is 0 Å². The molecular formula is C16H18O3S. The van der Waals surface area contributed by atoms with Gasteiger partial charge in [-0.1, -0.05) is 29.8 Å². The Morgan fingerprint density at radius 2 is 1.95 bits per heavy atom. The molecule has 0 amide bonds. The van der Waals surface area contributed by atoms with Crippen LogP contribution in [0.4, 0.5) is 0 Å². The van der Waals surface area contributed by atoms with Gasteiger partial charge in [-0.2, -0.15) is 0 Å². The van der Waals surface area contributed by atoms with Gasteiger partial charge in [-0.15, -0.1) is 11.3 Å². The van der Waals surface area contributed by atoms with Gasteiger partial charge in [-0.25, -0.2) is 0 Å². The van der Waals surface area contributed by atoms with Crippen molar-refractivity contribution < 1.29 is 14.6 Å². The van der Waals surface area contributed by atoms with E-state index in [4.69, 9.17) is 9.47 Å². The maximum Gasteiger partial charge on any atom is 0.193 e. The zero-order valence-corrected chi connectivity index (χ0v) is 12.4. The molecule has 1 aliphatic rings. The molecule has 0 bridgehead atoms. The number of thiophene rings is 1. The first-order chi connectivity index (χ1) is 9.65. The highest BCUT2D eigenvalue weighted by atomic mass is 32.1. The lowest BCUT2D eigenvalue weighted by molar-refractivity contribution is -0.0414. The van der Waals surface area contributed by atoms with E-state index in [9.17, 15) is 5.11 Å². The molecule has 0 aliphatic carbocycles. The lowest BCUT2D eigenvalue weighted by atomic mass is 10.0. The van der Waals surface area contributed by atoms with Crippen LogP contribution in [0.25, 0.3) is 0 Å². The summed E-state index contributed by atoms with van der Waals surface area (Å²) in [5.41, 5.74) is 3.01.